The van der Waals surface area contributed by atoms with E-state index in [2.05, 4.69) is 5.32 Å². The van der Waals surface area contributed by atoms with E-state index in [1.165, 1.54) is 17.4 Å². The van der Waals surface area contributed by atoms with Crippen molar-refractivity contribution in [2.75, 3.05) is 6.54 Å². The zero-order valence-corrected chi connectivity index (χ0v) is 11.5. The molecule has 0 saturated heterocycles. The molecule has 1 heterocycles. The van der Waals surface area contributed by atoms with E-state index >= 15 is 0 Å². The summed E-state index contributed by atoms with van der Waals surface area (Å²) >= 11 is 1.54. The number of benzene rings is 1. The van der Waals surface area contributed by atoms with E-state index < -0.39 is 23.5 Å². The van der Waals surface area contributed by atoms with Crippen LogP contribution in [0, 0.1) is 24.4 Å². The number of halogens is 3. The summed E-state index contributed by atoms with van der Waals surface area (Å²) in [5.74, 6) is -3.72. The van der Waals surface area contributed by atoms with Crippen molar-refractivity contribution in [2.24, 2.45) is 0 Å². The summed E-state index contributed by atoms with van der Waals surface area (Å²) in [5.41, 5.74) is 0.979. The van der Waals surface area contributed by atoms with Crippen molar-refractivity contribution in [3.63, 3.8) is 0 Å². The second-order valence-electron chi connectivity index (χ2n) is 4.25. The van der Waals surface area contributed by atoms with Crippen LogP contribution in [-0.2, 0) is 0 Å². The van der Waals surface area contributed by atoms with Gasteiger partial charge in [0, 0.05) is 10.4 Å². The van der Waals surface area contributed by atoms with Crippen molar-refractivity contribution >= 4 is 11.3 Å². The Hall–Kier alpha value is -1.33. The van der Waals surface area contributed by atoms with Gasteiger partial charge in [-0.1, -0.05) is 13.0 Å². The third-order valence-electron chi connectivity index (χ3n) is 2.87. The van der Waals surface area contributed by atoms with Gasteiger partial charge >= 0.3 is 0 Å². The van der Waals surface area contributed by atoms with Gasteiger partial charge in [0.05, 0.1) is 6.04 Å². The van der Waals surface area contributed by atoms with Gasteiger partial charge in [0.25, 0.3) is 0 Å². The highest BCUT2D eigenvalue weighted by atomic mass is 32.1. The maximum Gasteiger partial charge on any atom is 0.194 e. The number of hydrogen-bond acceptors (Lipinski definition) is 2. The van der Waals surface area contributed by atoms with Gasteiger partial charge in [-0.25, -0.2) is 13.2 Å². The molecule has 0 aliphatic carbocycles. The van der Waals surface area contributed by atoms with Gasteiger partial charge in [0.1, 0.15) is 0 Å². The van der Waals surface area contributed by atoms with E-state index in [1.807, 2.05) is 25.3 Å². The second-order valence-corrected chi connectivity index (χ2v) is 5.36. The molecule has 0 radical (unpaired) electrons. The maximum absolute atomic E-state index is 13.9. The van der Waals surface area contributed by atoms with E-state index in [0.29, 0.717) is 6.54 Å². The maximum atomic E-state index is 13.9. The van der Waals surface area contributed by atoms with Gasteiger partial charge in [-0.2, -0.15) is 0 Å². The Morgan fingerprint density at radius 3 is 2.53 bits per heavy atom. The molecular weight excluding hydrogens is 271 g/mol. The van der Waals surface area contributed by atoms with Crippen LogP contribution in [0.15, 0.2) is 23.6 Å². The van der Waals surface area contributed by atoms with Crippen LogP contribution < -0.4 is 5.32 Å². The Kier molecular flexibility index (Phi) is 4.27. The average molecular weight is 285 g/mol. The van der Waals surface area contributed by atoms with E-state index in [0.717, 1.165) is 16.5 Å². The van der Waals surface area contributed by atoms with Crippen LogP contribution in [0.5, 0.6) is 0 Å². The molecule has 0 fully saturated rings. The summed E-state index contributed by atoms with van der Waals surface area (Å²) in [7, 11) is 0. The average Bonchev–Trinajstić information content (AvgIpc) is 2.81. The number of thiophene rings is 1. The first-order valence-corrected chi connectivity index (χ1v) is 6.84. The van der Waals surface area contributed by atoms with Crippen molar-refractivity contribution in [1.29, 1.82) is 0 Å². The van der Waals surface area contributed by atoms with Crippen LogP contribution in [0.3, 0.4) is 0 Å². The van der Waals surface area contributed by atoms with Gasteiger partial charge in [-0.15, -0.1) is 11.3 Å². The van der Waals surface area contributed by atoms with Crippen LogP contribution in [-0.4, -0.2) is 6.54 Å². The first kappa shape index (κ1) is 14.1. The topological polar surface area (TPSA) is 12.0 Å². The van der Waals surface area contributed by atoms with Crippen molar-refractivity contribution in [3.05, 3.63) is 57.0 Å². The highest BCUT2D eigenvalue weighted by Crippen LogP contribution is 2.29. The lowest BCUT2D eigenvalue weighted by molar-refractivity contribution is 0.433. The molecule has 1 aromatic heterocycles. The van der Waals surface area contributed by atoms with Crippen LogP contribution >= 0.6 is 11.3 Å². The molecule has 1 atom stereocenters. The third-order valence-corrected chi connectivity index (χ3v) is 3.75. The number of aryl methyl sites for hydroxylation is 1. The van der Waals surface area contributed by atoms with Crippen molar-refractivity contribution < 1.29 is 13.2 Å². The van der Waals surface area contributed by atoms with Gasteiger partial charge in [0.15, 0.2) is 17.5 Å². The standard InChI is InChI=1S/C14H14F3NS/c1-3-18-14(9-6-8(2)19-7-9)10-4-5-11(15)13(17)12(10)16/h4-7,14,18H,3H2,1-2H3. The summed E-state index contributed by atoms with van der Waals surface area (Å²) in [6.45, 7) is 4.42. The minimum absolute atomic E-state index is 0.124. The van der Waals surface area contributed by atoms with E-state index in [9.17, 15) is 13.2 Å². The fraction of sp³-hybridized carbons (Fsp3) is 0.286. The molecule has 1 N–H and O–H groups in total. The fourth-order valence-electron chi connectivity index (χ4n) is 1.99. The molecule has 102 valence electrons. The summed E-state index contributed by atoms with van der Waals surface area (Å²) in [4.78, 5) is 1.08. The minimum atomic E-state index is -1.42. The predicted molar refractivity (Wildman–Crippen MR) is 70.9 cm³/mol. The highest BCUT2D eigenvalue weighted by molar-refractivity contribution is 7.10. The van der Waals surface area contributed by atoms with Gasteiger partial charge in [-0.3, -0.25) is 0 Å². The van der Waals surface area contributed by atoms with E-state index in [-0.39, 0.29) is 5.56 Å². The Labute approximate surface area is 114 Å². The zero-order valence-electron chi connectivity index (χ0n) is 10.6. The molecule has 0 spiro atoms. The highest BCUT2D eigenvalue weighted by Gasteiger charge is 2.22. The van der Waals surface area contributed by atoms with Crippen LogP contribution in [0.2, 0.25) is 0 Å². The SMILES string of the molecule is CCNC(c1csc(C)c1)c1ccc(F)c(F)c1F. The Morgan fingerprint density at radius 1 is 1.21 bits per heavy atom. The first-order valence-electron chi connectivity index (χ1n) is 5.96. The molecule has 0 saturated carbocycles. The lowest BCUT2D eigenvalue weighted by atomic mass is 10.00. The number of nitrogens with one attached hydrogen (secondary N) is 1. The molecule has 1 nitrogen and oxygen atoms in total. The Balaban J connectivity index is 2.48. The predicted octanol–water partition coefficient (Wildman–Crippen LogP) is 4.17. The largest absolute Gasteiger partial charge is 0.306 e. The van der Waals surface area contributed by atoms with Crippen LogP contribution in [0.1, 0.15) is 29.0 Å². The summed E-state index contributed by atoms with van der Waals surface area (Å²) in [6, 6.07) is 3.69. The smallest absolute Gasteiger partial charge is 0.194 e. The summed E-state index contributed by atoms with van der Waals surface area (Å²) in [6.07, 6.45) is 0. The molecule has 1 unspecified atom stereocenters. The van der Waals surface area contributed by atoms with Gasteiger partial charge in [-0.05, 0) is 36.5 Å². The van der Waals surface area contributed by atoms with Gasteiger partial charge < -0.3 is 5.32 Å². The first-order chi connectivity index (χ1) is 9.04. The molecule has 2 rings (SSSR count). The van der Waals surface area contributed by atoms with Crippen LogP contribution in [0.25, 0.3) is 0 Å². The minimum Gasteiger partial charge on any atom is -0.306 e. The molecular formula is C14H14F3NS. The monoisotopic (exact) mass is 285 g/mol. The van der Waals surface area contributed by atoms with Crippen molar-refractivity contribution in [1.82, 2.24) is 5.32 Å². The molecule has 0 bridgehead atoms. The fourth-order valence-corrected chi connectivity index (χ4v) is 2.72. The molecule has 5 heteroatoms. The molecule has 0 aliphatic heterocycles. The van der Waals surface area contributed by atoms with Crippen LogP contribution in [0.4, 0.5) is 13.2 Å². The van der Waals surface area contributed by atoms with E-state index in [1.54, 1.807) is 0 Å². The van der Waals surface area contributed by atoms with Gasteiger partial charge in [0.2, 0.25) is 0 Å². The van der Waals surface area contributed by atoms with E-state index in [4.69, 9.17) is 0 Å². The summed E-state index contributed by atoms with van der Waals surface area (Å²) in [5, 5.41) is 4.99. The molecule has 0 aliphatic rings. The molecule has 1 aromatic carbocycles. The molecule has 2 aromatic rings. The quantitative estimate of drug-likeness (QED) is 0.831. The zero-order chi connectivity index (χ0) is 14.0. The van der Waals surface area contributed by atoms with Crippen molar-refractivity contribution in [2.45, 2.75) is 19.9 Å². The lowest BCUT2D eigenvalue weighted by Crippen LogP contribution is -2.23. The second kappa shape index (κ2) is 5.75. The molecule has 0 amide bonds. The third kappa shape index (κ3) is 2.82. The number of rotatable bonds is 4. The normalized spacial score (nSPS) is 12.7. The Bertz CT molecular complexity index is 580. The lowest BCUT2D eigenvalue weighted by Gasteiger charge is -2.18. The Morgan fingerprint density at radius 2 is 1.95 bits per heavy atom. The van der Waals surface area contributed by atoms with Crippen molar-refractivity contribution in [3.8, 4) is 0 Å². The molecule has 19 heavy (non-hydrogen) atoms. The summed E-state index contributed by atoms with van der Waals surface area (Å²) < 4.78 is 40.2. The number of hydrogen-bond donors (Lipinski definition) is 1.